The summed E-state index contributed by atoms with van der Waals surface area (Å²) in [4.78, 5) is 0. The van der Waals surface area contributed by atoms with Crippen molar-refractivity contribution in [1.82, 2.24) is 0 Å². The number of hydrogen-bond donors (Lipinski definition) is 1. The Bertz CT molecular complexity index is 20.0. The third-order valence-electron chi connectivity index (χ3n) is 0.0430. The van der Waals surface area contributed by atoms with Gasteiger partial charge in [-0.05, 0) is 10.4 Å². The predicted molar refractivity (Wildman–Crippen MR) is 27.0 cm³/mol. The van der Waals surface area contributed by atoms with Crippen molar-refractivity contribution in [3.05, 3.63) is 0 Å². The van der Waals surface area contributed by atoms with E-state index < -0.39 is 7.66 Å². The van der Waals surface area contributed by atoms with Gasteiger partial charge in [0, 0.05) is 0 Å². The molecule has 0 aromatic rings. The van der Waals surface area contributed by atoms with Gasteiger partial charge in [-0.1, -0.05) is 0 Å². The molecule has 0 heterocycles. The zero-order valence-electron chi connectivity index (χ0n) is 1.84. The highest BCUT2D eigenvalue weighted by molar-refractivity contribution is 8.89. The second-order valence-corrected chi connectivity index (χ2v) is 3.71. The van der Waals surface area contributed by atoms with Crippen molar-refractivity contribution in [3.63, 3.8) is 0 Å². The van der Waals surface area contributed by atoms with E-state index in [9.17, 15) is 4.57 Å². The molecule has 1 unspecified atom stereocenters. The number of rotatable bonds is 1. The molecule has 0 rings (SSSR count). The standard InChI is InChI=1S/H3OPS2/c1-2-4-3/h3H,2H2. The molecule has 0 bridgehead atoms. The fourth-order valence-electron chi connectivity index (χ4n) is 0. The van der Waals surface area contributed by atoms with Gasteiger partial charge < -0.3 is 4.57 Å². The summed E-state index contributed by atoms with van der Waals surface area (Å²) in [5.74, 6) is 0. The highest BCUT2D eigenvalue weighted by atomic mass is 33.3. The summed E-state index contributed by atoms with van der Waals surface area (Å²) < 4.78 is 9.27. The molecular weight excluding hydrogens is 111 g/mol. The maximum Gasteiger partial charge on any atom is 0.126 e. The minimum absolute atomic E-state index is 0.687. The zero-order valence-corrected chi connectivity index (χ0v) is 4.71. The fourth-order valence-corrected chi connectivity index (χ4v) is 0. The van der Waals surface area contributed by atoms with Gasteiger partial charge in [-0.3, -0.25) is 0 Å². The van der Waals surface area contributed by atoms with Crippen LogP contribution >= 0.6 is 29.7 Å². The van der Waals surface area contributed by atoms with Gasteiger partial charge in [-0.25, -0.2) is 0 Å². The monoisotopic (exact) mass is 114 g/mol. The summed E-state index contributed by atoms with van der Waals surface area (Å²) in [6.45, 7) is 0. The Morgan fingerprint density at radius 2 is 2.25 bits per heavy atom. The van der Waals surface area contributed by atoms with E-state index in [-0.39, 0.29) is 0 Å². The summed E-state index contributed by atoms with van der Waals surface area (Å²) in [5, 5.41) is 0. The summed E-state index contributed by atoms with van der Waals surface area (Å²) in [6, 6.07) is 0. The van der Waals surface area contributed by atoms with Gasteiger partial charge in [0.15, 0.2) is 0 Å². The molecule has 0 fully saturated rings. The highest BCUT2D eigenvalue weighted by Crippen LogP contribution is 2.19. The van der Waals surface area contributed by atoms with E-state index in [1.807, 2.05) is 0 Å². The van der Waals surface area contributed by atoms with E-state index in [0.717, 1.165) is 10.4 Å². The smallest absolute Gasteiger partial charge is 0.126 e. The molecule has 0 amide bonds. The number of hydrogen-bond acceptors (Lipinski definition) is 3. The zero-order chi connectivity index (χ0) is 3.41. The first-order valence-corrected chi connectivity index (χ1v) is 4.47. The topological polar surface area (TPSA) is 17.1 Å². The Balaban J connectivity index is 2.30. The van der Waals surface area contributed by atoms with Crippen molar-refractivity contribution >= 4 is 29.7 Å². The first kappa shape index (κ1) is 4.93. The van der Waals surface area contributed by atoms with Crippen LogP contribution in [0.3, 0.4) is 0 Å². The lowest BCUT2D eigenvalue weighted by atomic mass is 16.0. The molecule has 0 saturated carbocycles. The van der Waals surface area contributed by atoms with E-state index in [1.54, 1.807) is 0 Å². The molecule has 0 aromatic heterocycles. The van der Waals surface area contributed by atoms with Crippen LogP contribution in [0.5, 0.6) is 0 Å². The summed E-state index contributed by atoms with van der Waals surface area (Å²) in [6.07, 6.45) is 0. The molecule has 0 radical (unpaired) electrons. The minimum atomic E-state index is -0.687. The molecule has 4 heavy (non-hydrogen) atoms. The molecular formula is H3OPS2. The van der Waals surface area contributed by atoms with Crippen LogP contribution in [0.1, 0.15) is 0 Å². The van der Waals surface area contributed by atoms with Crippen LogP contribution in [0.4, 0.5) is 0 Å². The Labute approximate surface area is 34.9 Å². The maximum absolute atomic E-state index is 9.27. The van der Waals surface area contributed by atoms with Crippen molar-refractivity contribution in [2.75, 3.05) is 0 Å². The lowest BCUT2D eigenvalue weighted by molar-refractivity contribution is 0.605. The van der Waals surface area contributed by atoms with Crippen LogP contribution in [-0.2, 0) is 4.57 Å². The average molecular weight is 114 g/mol. The van der Waals surface area contributed by atoms with Crippen LogP contribution in [0.25, 0.3) is 0 Å². The largest absolute Gasteiger partial charge is 0.318 e. The van der Waals surface area contributed by atoms with Gasteiger partial charge in [0.05, 0.1) is 0 Å². The molecule has 0 saturated heterocycles. The van der Waals surface area contributed by atoms with E-state index in [1.165, 1.54) is 0 Å². The summed E-state index contributed by atoms with van der Waals surface area (Å²) >= 11 is 3.56. The van der Waals surface area contributed by atoms with Crippen LogP contribution < -0.4 is 0 Å². The van der Waals surface area contributed by atoms with Gasteiger partial charge in [0.1, 0.15) is 7.66 Å². The highest BCUT2D eigenvalue weighted by Gasteiger charge is 1.50. The van der Waals surface area contributed by atoms with Crippen molar-refractivity contribution in [1.29, 1.82) is 0 Å². The van der Waals surface area contributed by atoms with Gasteiger partial charge >= 0.3 is 0 Å². The van der Waals surface area contributed by atoms with E-state index in [2.05, 4.69) is 11.7 Å². The lowest BCUT2D eigenvalue weighted by Gasteiger charge is -1.53. The molecule has 4 heteroatoms. The molecule has 1 nitrogen and oxygen atoms in total. The van der Waals surface area contributed by atoms with Crippen molar-refractivity contribution in [3.8, 4) is 0 Å². The quantitative estimate of drug-likeness (QED) is 0.314. The Hall–Kier alpha value is 0.930. The third kappa shape index (κ3) is 2.93. The molecule has 0 aliphatic rings. The second kappa shape index (κ2) is 3.93. The molecule has 0 N–H and O–H groups in total. The van der Waals surface area contributed by atoms with Crippen molar-refractivity contribution in [2.45, 2.75) is 0 Å². The molecule has 0 aliphatic carbocycles. The van der Waals surface area contributed by atoms with Crippen molar-refractivity contribution < 1.29 is 4.57 Å². The van der Waals surface area contributed by atoms with E-state index in [4.69, 9.17) is 0 Å². The first-order chi connectivity index (χ1) is 1.91. The van der Waals surface area contributed by atoms with Gasteiger partial charge in [0.25, 0.3) is 0 Å². The van der Waals surface area contributed by atoms with Crippen LogP contribution in [0.15, 0.2) is 0 Å². The number of thiol groups is 1. The molecule has 26 valence electrons. The summed E-state index contributed by atoms with van der Waals surface area (Å²) in [5.41, 5.74) is 0. The SMILES string of the molecule is O=[PH2]SS. The normalized spacial score (nSPS) is 10.2. The predicted octanol–water partition coefficient (Wildman–Crippen LogP) is 1.24. The molecule has 0 aliphatic heterocycles. The summed E-state index contributed by atoms with van der Waals surface area (Å²) in [7, 11) is 0.392. The third-order valence-corrected chi connectivity index (χ3v) is 1.16. The Kier molecular flexibility index (Phi) is 4.84. The second-order valence-electron chi connectivity index (χ2n) is 0.202. The molecule has 1 atom stereocenters. The van der Waals surface area contributed by atoms with E-state index >= 15 is 0 Å². The minimum Gasteiger partial charge on any atom is -0.318 e. The van der Waals surface area contributed by atoms with Gasteiger partial charge in [-0.15, -0.1) is 11.7 Å². The molecule has 0 spiro atoms. The van der Waals surface area contributed by atoms with Crippen LogP contribution in [0, 0.1) is 0 Å². The molecule has 0 aromatic carbocycles. The average Bonchev–Trinajstić information content (AvgIpc) is 1.37. The van der Waals surface area contributed by atoms with Crippen LogP contribution in [-0.4, -0.2) is 0 Å². The van der Waals surface area contributed by atoms with Gasteiger partial charge in [-0.2, -0.15) is 0 Å². The van der Waals surface area contributed by atoms with Gasteiger partial charge in [0.2, 0.25) is 0 Å². The Morgan fingerprint density at radius 3 is 2.25 bits per heavy atom. The fraction of sp³-hybridized carbons (Fsp3) is 0. The lowest BCUT2D eigenvalue weighted by Crippen LogP contribution is -0.896. The van der Waals surface area contributed by atoms with Crippen LogP contribution in [0.2, 0.25) is 0 Å². The van der Waals surface area contributed by atoms with E-state index in [0.29, 0.717) is 0 Å². The van der Waals surface area contributed by atoms with Crippen molar-refractivity contribution in [2.24, 2.45) is 0 Å². The first-order valence-electron chi connectivity index (χ1n) is 0.654. The Morgan fingerprint density at radius 1 is 2.00 bits per heavy atom. The maximum atomic E-state index is 9.27.